The van der Waals surface area contributed by atoms with E-state index in [1.165, 1.54) is 0 Å². The molecule has 0 radical (unpaired) electrons. The molecule has 0 spiro atoms. The van der Waals surface area contributed by atoms with Gasteiger partial charge in [-0.15, -0.1) is 5.10 Å². The molecule has 1 aromatic carbocycles. The quantitative estimate of drug-likeness (QED) is 0.733. The van der Waals surface area contributed by atoms with E-state index in [4.69, 9.17) is 27.9 Å². The summed E-state index contributed by atoms with van der Waals surface area (Å²) in [5.74, 6) is 0.501. The lowest BCUT2D eigenvalue weighted by atomic mass is 10.1. The van der Waals surface area contributed by atoms with Gasteiger partial charge < -0.3 is 4.74 Å². The summed E-state index contributed by atoms with van der Waals surface area (Å²) < 4.78 is 5.24. The number of methoxy groups -OCH3 is 1. The molecule has 6 heteroatoms. The van der Waals surface area contributed by atoms with E-state index in [9.17, 15) is 0 Å². The predicted octanol–water partition coefficient (Wildman–Crippen LogP) is 3.93. The molecule has 3 rings (SSSR count). The summed E-state index contributed by atoms with van der Waals surface area (Å²) in [4.78, 5) is 3.96. The van der Waals surface area contributed by atoms with Crippen LogP contribution in [0.15, 0.2) is 36.7 Å². The molecule has 2 heterocycles. The van der Waals surface area contributed by atoms with E-state index < -0.39 is 0 Å². The third kappa shape index (κ3) is 2.64. The Labute approximate surface area is 131 Å². The van der Waals surface area contributed by atoms with E-state index in [2.05, 4.69) is 15.2 Å². The van der Waals surface area contributed by atoms with Crippen molar-refractivity contribution in [3.8, 4) is 5.88 Å². The highest BCUT2D eigenvalue weighted by Crippen LogP contribution is 2.29. The van der Waals surface area contributed by atoms with Crippen LogP contribution in [0.25, 0.3) is 10.8 Å². The van der Waals surface area contributed by atoms with Crippen molar-refractivity contribution in [1.82, 2.24) is 15.2 Å². The monoisotopic (exact) mass is 319 g/mol. The standard InChI is InChI=1S/C15H11Cl2N3O/c1-21-15-10-5-3-2-4-9(10)14(19-20-15)6-11-12(16)7-18-8-13(11)17/h2-5,7-8H,6H2,1H3. The lowest BCUT2D eigenvalue weighted by Crippen LogP contribution is -2.01. The third-order valence-electron chi connectivity index (χ3n) is 3.22. The van der Waals surface area contributed by atoms with Crippen LogP contribution in [0.2, 0.25) is 10.0 Å². The summed E-state index contributed by atoms with van der Waals surface area (Å²) in [6.45, 7) is 0. The van der Waals surface area contributed by atoms with Crippen molar-refractivity contribution in [2.24, 2.45) is 0 Å². The van der Waals surface area contributed by atoms with Crippen LogP contribution in [0, 0.1) is 0 Å². The number of hydrogen-bond donors (Lipinski definition) is 0. The first-order chi connectivity index (χ1) is 10.2. The Balaban J connectivity index is 2.14. The highest BCUT2D eigenvalue weighted by atomic mass is 35.5. The fourth-order valence-corrected chi connectivity index (χ4v) is 2.69. The summed E-state index contributed by atoms with van der Waals surface area (Å²) in [6, 6.07) is 7.80. The van der Waals surface area contributed by atoms with Gasteiger partial charge in [-0.3, -0.25) is 4.98 Å². The van der Waals surface area contributed by atoms with Gasteiger partial charge in [0.25, 0.3) is 0 Å². The molecule has 0 aliphatic carbocycles. The second-order valence-electron chi connectivity index (χ2n) is 4.46. The first-order valence-corrected chi connectivity index (χ1v) is 7.02. The van der Waals surface area contributed by atoms with Gasteiger partial charge in [0.05, 0.1) is 22.8 Å². The molecule has 0 saturated carbocycles. The maximum atomic E-state index is 6.17. The minimum Gasteiger partial charge on any atom is -0.479 e. The Hall–Kier alpha value is -1.91. The molecular formula is C15H11Cl2N3O. The van der Waals surface area contributed by atoms with E-state index in [1.807, 2.05) is 24.3 Å². The van der Waals surface area contributed by atoms with Gasteiger partial charge >= 0.3 is 0 Å². The highest BCUT2D eigenvalue weighted by Gasteiger charge is 2.13. The number of fused-ring (bicyclic) bond motifs is 1. The molecule has 0 N–H and O–H groups in total. The van der Waals surface area contributed by atoms with Crippen LogP contribution in [0.1, 0.15) is 11.3 Å². The number of nitrogens with zero attached hydrogens (tertiary/aromatic N) is 3. The van der Waals surface area contributed by atoms with Crippen LogP contribution in [0.4, 0.5) is 0 Å². The molecule has 4 nitrogen and oxygen atoms in total. The molecule has 3 aromatic rings. The number of aromatic nitrogens is 3. The predicted molar refractivity (Wildman–Crippen MR) is 83.2 cm³/mol. The van der Waals surface area contributed by atoms with E-state index in [0.29, 0.717) is 22.3 Å². The maximum absolute atomic E-state index is 6.17. The molecule has 0 fully saturated rings. The van der Waals surface area contributed by atoms with Crippen LogP contribution in [0.3, 0.4) is 0 Å². The summed E-state index contributed by atoms with van der Waals surface area (Å²) >= 11 is 12.3. The second kappa shape index (κ2) is 5.84. The van der Waals surface area contributed by atoms with Crippen LogP contribution in [-0.4, -0.2) is 22.3 Å². The molecule has 0 atom stereocenters. The first kappa shape index (κ1) is 14.0. The maximum Gasteiger partial charge on any atom is 0.241 e. The number of halogens is 2. The van der Waals surface area contributed by atoms with Crippen LogP contribution in [-0.2, 0) is 6.42 Å². The molecule has 0 aliphatic heterocycles. The van der Waals surface area contributed by atoms with Crippen molar-refractivity contribution >= 4 is 34.0 Å². The van der Waals surface area contributed by atoms with Gasteiger partial charge in [0.2, 0.25) is 5.88 Å². The SMILES string of the molecule is COc1nnc(Cc2c(Cl)cncc2Cl)c2ccccc12. The minimum atomic E-state index is 0.484. The third-order valence-corrected chi connectivity index (χ3v) is 3.87. The smallest absolute Gasteiger partial charge is 0.241 e. The molecule has 2 aromatic heterocycles. The van der Waals surface area contributed by atoms with E-state index in [1.54, 1.807) is 19.5 Å². The Morgan fingerprint density at radius 1 is 1.00 bits per heavy atom. The zero-order valence-electron chi connectivity index (χ0n) is 11.2. The highest BCUT2D eigenvalue weighted by molar-refractivity contribution is 6.35. The summed E-state index contributed by atoms with van der Waals surface area (Å²) in [5, 5.41) is 11.3. The second-order valence-corrected chi connectivity index (χ2v) is 5.27. The van der Waals surface area contributed by atoms with Gasteiger partial charge in [-0.2, -0.15) is 5.10 Å². The average molecular weight is 320 g/mol. The summed E-state index contributed by atoms with van der Waals surface area (Å²) in [6.07, 6.45) is 3.63. The lowest BCUT2D eigenvalue weighted by molar-refractivity contribution is 0.397. The topological polar surface area (TPSA) is 47.9 Å². The molecule has 0 aliphatic rings. The molecule has 0 amide bonds. The van der Waals surface area contributed by atoms with Gasteiger partial charge in [-0.1, -0.05) is 41.4 Å². The zero-order chi connectivity index (χ0) is 14.8. The van der Waals surface area contributed by atoms with Crippen molar-refractivity contribution in [3.05, 3.63) is 58.0 Å². The summed E-state index contributed by atoms with van der Waals surface area (Å²) in [7, 11) is 1.58. The van der Waals surface area contributed by atoms with Gasteiger partial charge in [-0.25, -0.2) is 0 Å². The van der Waals surface area contributed by atoms with Gasteiger partial charge in [-0.05, 0) is 11.6 Å². The molecule has 106 valence electrons. The molecule has 21 heavy (non-hydrogen) atoms. The van der Waals surface area contributed by atoms with E-state index >= 15 is 0 Å². The van der Waals surface area contributed by atoms with E-state index in [0.717, 1.165) is 22.0 Å². The molecule has 0 bridgehead atoms. The Morgan fingerprint density at radius 3 is 2.33 bits per heavy atom. The van der Waals surface area contributed by atoms with Gasteiger partial charge in [0.15, 0.2) is 0 Å². The average Bonchev–Trinajstić information content (AvgIpc) is 2.51. The first-order valence-electron chi connectivity index (χ1n) is 6.27. The Morgan fingerprint density at radius 2 is 1.67 bits per heavy atom. The van der Waals surface area contributed by atoms with Crippen molar-refractivity contribution in [3.63, 3.8) is 0 Å². The number of hydrogen-bond acceptors (Lipinski definition) is 4. The lowest BCUT2D eigenvalue weighted by Gasteiger charge is -2.10. The fraction of sp³-hybridized carbons (Fsp3) is 0.133. The van der Waals surface area contributed by atoms with Crippen molar-refractivity contribution in [2.45, 2.75) is 6.42 Å². The Bertz CT molecular complexity index is 788. The molecular weight excluding hydrogens is 309 g/mol. The number of benzene rings is 1. The van der Waals surface area contributed by atoms with Crippen molar-refractivity contribution < 1.29 is 4.74 Å². The van der Waals surface area contributed by atoms with Crippen LogP contribution in [0.5, 0.6) is 5.88 Å². The summed E-state index contributed by atoms with van der Waals surface area (Å²) in [5.41, 5.74) is 1.58. The minimum absolute atomic E-state index is 0.484. The van der Waals surface area contributed by atoms with Crippen molar-refractivity contribution in [1.29, 1.82) is 0 Å². The molecule has 0 unspecified atom stereocenters. The molecule has 0 saturated heterocycles. The number of ether oxygens (including phenoxy) is 1. The van der Waals surface area contributed by atoms with Gasteiger partial charge in [0.1, 0.15) is 0 Å². The van der Waals surface area contributed by atoms with Crippen molar-refractivity contribution in [2.75, 3.05) is 7.11 Å². The Kier molecular flexibility index (Phi) is 3.90. The number of rotatable bonds is 3. The van der Waals surface area contributed by atoms with Crippen LogP contribution < -0.4 is 4.74 Å². The van der Waals surface area contributed by atoms with Crippen LogP contribution >= 0.6 is 23.2 Å². The zero-order valence-corrected chi connectivity index (χ0v) is 12.7. The number of pyridine rings is 1. The normalized spacial score (nSPS) is 10.8. The largest absolute Gasteiger partial charge is 0.479 e. The fourth-order valence-electron chi connectivity index (χ4n) is 2.19. The van der Waals surface area contributed by atoms with E-state index in [-0.39, 0.29) is 0 Å². The van der Waals surface area contributed by atoms with Gasteiger partial charge in [0, 0.05) is 29.6 Å².